The Bertz CT molecular complexity index is 574. The van der Waals surface area contributed by atoms with Crippen LogP contribution >= 0.6 is 0 Å². The minimum atomic E-state index is -1.02. The molecule has 1 heterocycles. The summed E-state index contributed by atoms with van der Waals surface area (Å²) < 4.78 is 13.6. The van der Waals surface area contributed by atoms with Crippen molar-refractivity contribution in [3.05, 3.63) is 39.7 Å². The van der Waals surface area contributed by atoms with Crippen LogP contribution in [0.15, 0.2) is 18.2 Å². The van der Waals surface area contributed by atoms with Crippen LogP contribution in [-0.2, 0) is 0 Å². The lowest BCUT2D eigenvalue weighted by Crippen LogP contribution is -2.33. The van der Waals surface area contributed by atoms with E-state index < -0.39 is 22.0 Å². The number of nitrogens with zero attached hydrogens (tertiary/aromatic N) is 2. The van der Waals surface area contributed by atoms with Crippen molar-refractivity contribution in [3.63, 3.8) is 0 Å². The van der Waals surface area contributed by atoms with Crippen LogP contribution in [0.2, 0.25) is 0 Å². The first kappa shape index (κ1) is 15.4. The van der Waals surface area contributed by atoms with E-state index in [9.17, 15) is 24.4 Å². The molecular weight excluding hydrogens is 279 g/mol. The second kappa shape index (κ2) is 5.77. The predicted molar refractivity (Wildman–Crippen MR) is 73.4 cm³/mol. The van der Waals surface area contributed by atoms with E-state index in [0.29, 0.717) is 32.4 Å². The summed E-state index contributed by atoms with van der Waals surface area (Å²) in [6, 6.07) is 3.15. The van der Waals surface area contributed by atoms with Crippen molar-refractivity contribution in [2.45, 2.75) is 31.8 Å². The maximum absolute atomic E-state index is 13.6. The highest BCUT2D eigenvalue weighted by Crippen LogP contribution is 2.24. The van der Waals surface area contributed by atoms with Crippen molar-refractivity contribution < 1.29 is 19.2 Å². The van der Waals surface area contributed by atoms with E-state index in [-0.39, 0.29) is 11.5 Å². The summed E-state index contributed by atoms with van der Waals surface area (Å²) in [5, 5.41) is 20.6. The molecule has 1 amide bonds. The third-order valence-corrected chi connectivity index (χ3v) is 3.74. The van der Waals surface area contributed by atoms with Crippen LogP contribution in [-0.4, -0.2) is 39.5 Å². The van der Waals surface area contributed by atoms with Crippen LogP contribution in [0.3, 0.4) is 0 Å². The van der Waals surface area contributed by atoms with Gasteiger partial charge in [-0.25, -0.2) is 0 Å². The van der Waals surface area contributed by atoms with Crippen molar-refractivity contribution in [1.29, 1.82) is 0 Å². The highest BCUT2D eigenvalue weighted by molar-refractivity contribution is 5.94. The Balaban J connectivity index is 2.16. The number of benzene rings is 1. The summed E-state index contributed by atoms with van der Waals surface area (Å²) in [6.07, 6.45) is 1.72. The summed E-state index contributed by atoms with van der Waals surface area (Å²) in [6.45, 7) is 2.59. The van der Waals surface area contributed by atoms with E-state index in [1.54, 1.807) is 11.8 Å². The zero-order valence-corrected chi connectivity index (χ0v) is 11.7. The fraction of sp³-hybridized carbons (Fsp3) is 0.500. The lowest BCUT2D eigenvalue weighted by molar-refractivity contribution is -0.387. The summed E-state index contributed by atoms with van der Waals surface area (Å²) in [5.74, 6) is -1.39. The highest BCUT2D eigenvalue weighted by atomic mass is 19.1. The van der Waals surface area contributed by atoms with Gasteiger partial charge in [-0.1, -0.05) is 0 Å². The number of amides is 1. The number of rotatable bonds is 2. The molecule has 0 bridgehead atoms. The molecule has 0 saturated carbocycles. The van der Waals surface area contributed by atoms with Crippen LogP contribution in [0.25, 0.3) is 0 Å². The normalized spacial score (nSPS) is 22.7. The summed E-state index contributed by atoms with van der Waals surface area (Å²) in [7, 11) is 0. The quantitative estimate of drug-likeness (QED) is 0.669. The van der Waals surface area contributed by atoms with Crippen LogP contribution in [0, 0.1) is 15.9 Å². The molecule has 114 valence electrons. The molecule has 0 aromatic heterocycles. The van der Waals surface area contributed by atoms with Crippen LogP contribution < -0.4 is 0 Å². The SMILES string of the molecule is CC1(O)CCCN(C(=O)c2ccc([N+](=O)[O-])c(F)c2)CC1. The lowest BCUT2D eigenvalue weighted by Gasteiger charge is -2.22. The molecule has 7 heteroatoms. The number of likely N-dealkylation sites (tertiary alicyclic amines) is 1. The van der Waals surface area contributed by atoms with Gasteiger partial charge in [0, 0.05) is 24.7 Å². The molecule has 1 aliphatic rings. The minimum Gasteiger partial charge on any atom is -0.390 e. The number of hydrogen-bond donors (Lipinski definition) is 1. The molecular formula is C14H17FN2O4. The Labute approximate surface area is 121 Å². The average molecular weight is 296 g/mol. The molecule has 1 aromatic rings. The molecule has 21 heavy (non-hydrogen) atoms. The second-order valence-corrected chi connectivity index (χ2v) is 5.57. The average Bonchev–Trinajstić information content (AvgIpc) is 2.58. The molecule has 1 aliphatic heterocycles. The molecule has 1 saturated heterocycles. The second-order valence-electron chi connectivity index (χ2n) is 5.57. The van der Waals surface area contributed by atoms with Gasteiger partial charge in [0.2, 0.25) is 5.82 Å². The lowest BCUT2D eigenvalue weighted by atomic mass is 9.98. The molecule has 2 rings (SSSR count). The van der Waals surface area contributed by atoms with Crippen molar-refractivity contribution >= 4 is 11.6 Å². The Kier molecular flexibility index (Phi) is 4.22. The first-order valence-corrected chi connectivity index (χ1v) is 6.76. The van der Waals surface area contributed by atoms with Gasteiger partial charge < -0.3 is 10.0 Å². The van der Waals surface area contributed by atoms with E-state index in [1.807, 2.05) is 0 Å². The van der Waals surface area contributed by atoms with Gasteiger partial charge in [0.1, 0.15) is 0 Å². The minimum absolute atomic E-state index is 0.0830. The zero-order chi connectivity index (χ0) is 15.6. The molecule has 1 aromatic carbocycles. The number of halogens is 1. The van der Waals surface area contributed by atoms with Gasteiger partial charge in [-0.2, -0.15) is 4.39 Å². The number of hydrogen-bond acceptors (Lipinski definition) is 4. The molecule has 1 fully saturated rings. The van der Waals surface area contributed by atoms with E-state index in [1.165, 1.54) is 6.07 Å². The number of nitro groups is 1. The number of aliphatic hydroxyl groups is 1. The van der Waals surface area contributed by atoms with Gasteiger partial charge in [-0.15, -0.1) is 0 Å². The number of carbonyl (C=O) groups is 1. The standard InChI is InChI=1S/C14H17FN2O4/c1-14(19)5-2-7-16(8-6-14)13(18)10-3-4-12(17(20)21)11(15)9-10/h3-4,9,19H,2,5-8H2,1H3. The van der Waals surface area contributed by atoms with Crippen molar-refractivity contribution in [1.82, 2.24) is 4.90 Å². The Hall–Kier alpha value is -2.02. The Morgan fingerprint density at radius 3 is 2.76 bits per heavy atom. The maximum atomic E-state index is 13.6. The molecule has 1 N–H and O–H groups in total. The van der Waals surface area contributed by atoms with Crippen molar-refractivity contribution in [3.8, 4) is 0 Å². The summed E-state index contributed by atoms with van der Waals surface area (Å²) in [5.41, 5.74) is -1.36. The van der Waals surface area contributed by atoms with Gasteiger partial charge in [0.25, 0.3) is 5.91 Å². The topological polar surface area (TPSA) is 83.7 Å². The largest absolute Gasteiger partial charge is 0.390 e. The maximum Gasteiger partial charge on any atom is 0.304 e. The predicted octanol–water partition coefficient (Wildman–Crippen LogP) is 2.11. The molecule has 0 spiro atoms. The van der Waals surface area contributed by atoms with E-state index >= 15 is 0 Å². The van der Waals surface area contributed by atoms with E-state index in [0.717, 1.165) is 12.1 Å². The number of carbonyl (C=O) groups excluding carboxylic acids is 1. The highest BCUT2D eigenvalue weighted by Gasteiger charge is 2.28. The van der Waals surface area contributed by atoms with Gasteiger partial charge in [-0.05, 0) is 38.3 Å². The molecule has 0 radical (unpaired) electrons. The molecule has 0 aliphatic carbocycles. The fourth-order valence-electron chi connectivity index (χ4n) is 2.44. The third kappa shape index (κ3) is 3.55. The van der Waals surface area contributed by atoms with E-state index in [4.69, 9.17) is 0 Å². The smallest absolute Gasteiger partial charge is 0.304 e. The Morgan fingerprint density at radius 2 is 2.14 bits per heavy atom. The molecule has 1 unspecified atom stereocenters. The van der Waals surface area contributed by atoms with Crippen molar-refractivity contribution in [2.75, 3.05) is 13.1 Å². The van der Waals surface area contributed by atoms with Crippen LogP contribution in [0.4, 0.5) is 10.1 Å². The van der Waals surface area contributed by atoms with Crippen LogP contribution in [0.1, 0.15) is 36.5 Å². The molecule has 6 nitrogen and oxygen atoms in total. The first-order valence-electron chi connectivity index (χ1n) is 6.76. The zero-order valence-electron chi connectivity index (χ0n) is 11.7. The number of nitro benzene ring substituents is 1. The van der Waals surface area contributed by atoms with Crippen molar-refractivity contribution in [2.24, 2.45) is 0 Å². The fourth-order valence-corrected chi connectivity index (χ4v) is 2.44. The van der Waals surface area contributed by atoms with Gasteiger partial charge in [0.15, 0.2) is 0 Å². The molecule has 1 atom stereocenters. The first-order chi connectivity index (χ1) is 9.80. The Morgan fingerprint density at radius 1 is 1.43 bits per heavy atom. The third-order valence-electron chi connectivity index (χ3n) is 3.74. The van der Waals surface area contributed by atoms with Gasteiger partial charge in [-0.3, -0.25) is 14.9 Å². The summed E-state index contributed by atoms with van der Waals surface area (Å²) >= 11 is 0. The van der Waals surface area contributed by atoms with Gasteiger partial charge >= 0.3 is 5.69 Å². The monoisotopic (exact) mass is 296 g/mol. The summed E-state index contributed by atoms with van der Waals surface area (Å²) in [4.78, 5) is 23.6. The van der Waals surface area contributed by atoms with E-state index in [2.05, 4.69) is 0 Å². The van der Waals surface area contributed by atoms with Gasteiger partial charge in [0.05, 0.1) is 10.5 Å². The van der Waals surface area contributed by atoms with Crippen LogP contribution in [0.5, 0.6) is 0 Å².